The molecule has 1 aromatic carbocycles. The van der Waals surface area contributed by atoms with E-state index in [1.165, 1.54) is 4.31 Å². The highest BCUT2D eigenvalue weighted by atomic mass is 32.2. The molecule has 2 aromatic rings. The molecule has 0 atom stereocenters. The Balaban J connectivity index is 2.00. The number of benzene rings is 1. The smallest absolute Gasteiger partial charge is 0.243 e. The molecule has 0 saturated heterocycles. The zero-order valence-corrected chi connectivity index (χ0v) is 12.7. The molecule has 110 valence electrons. The minimum absolute atomic E-state index is 0.104. The van der Waals surface area contributed by atoms with E-state index in [2.05, 4.69) is 0 Å². The quantitative estimate of drug-likeness (QED) is 0.849. The highest BCUT2D eigenvalue weighted by molar-refractivity contribution is 7.89. The van der Waals surface area contributed by atoms with E-state index in [4.69, 9.17) is 0 Å². The number of hydrogen-bond acceptors (Lipinski definition) is 3. The molecule has 0 bridgehead atoms. The summed E-state index contributed by atoms with van der Waals surface area (Å²) in [7, 11) is -1.84. The average molecular weight is 304 g/mol. The number of Topliss-reactive ketones (excluding diaryl/α,β-unsaturated/α-hetero) is 1. The van der Waals surface area contributed by atoms with Crippen LogP contribution in [0.15, 0.2) is 41.4 Å². The molecule has 0 radical (unpaired) electrons. The third kappa shape index (κ3) is 2.30. The van der Waals surface area contributed by atoms with Crippen LogP contribution in [0.4, 0.5) is 0 Å². The van der Waals surface area contributed by atoms with E-state index < -0.39 is 10.0 Å². The Morgan fingerprint density at radius 3 is 2.38 bits per heavy atom. The number of carbonyl (C=O) groups excluding carboxylic acids is 1. The van der Waals surface area contributed by atoms with Gasteiger partial charge in [-0.3, -0.25) is 4.79 Å². The van der Waals surface area contributed by atoms with Crippen LogP contribution in [-0.2, 0) is 23.6 Å². The van der Waals surface area contributed by atoms with Crippen LogP contribution in [0.1, 0.15) is 21.6 Å². The molecular formula is C15H16N2O3S. The van der Waals surface area contributed by atoms with Crippen molar-refractivity contribution in [3.8, 4) is 0 Å². The summed E-state index contributed by atoms with van der Waals surface area (Å²) in [4.78, 5) is 12.3. The molecule has 3 rings (SSSR count). The molecule has 1 aliphatic heterocycles. The lowest BCUT2D eigenvalue weighted by Gasteiger charge is -2.26. The number of aryl methyl sites for hydroxylation is 2. The molecule has 5 nitrogen and oxygen atoms in total. The lowest BCUT2D eigenvalue weighted by atomic mass is 10.1. The maximum atomic E-state index is 12.7. The molecule has 0 amide bonds. The minimum atomic E-state index is -3.65. The Hall–Kier alpha value is -1.92. The van der Waals surface area contributed by atoms with E-state index in [1.807, 2.05) is 14.0 Å². The van der Waals surface area contributed by atoms with Crippen molar-refractivity contribution in [3.63, 3.8) is 0 Å². The van der Waals surface area contributed by atoms with E-state index in [0.717, 1.165) is 11.3 Å². The fourth-order valence-electron chi connectivity index (χ4n) is 2.51. The Bertz CT molecular complexity index is 804. The van der Waals surface area contributed by atoms with Gasteiger partial charge in [-0.15, -0.1) is 0 Å². The SMILES string of the molecule is Cc1ccc(S(=O)(=O)N2CC(=O)c3ccn(C)c3C2)cc1. The predicted octanol–water partition coefficient (Wildman–Crippen LogP) is 1.72. The van der Waals surface area contributed by atoms with Crippen molar-refractivity contribution in [3.05, 3.63) is 53.3 Å². The van der Waals surface area contributed by atoms with Crippen molar-refractivity contribution >= 4 is 15.8 Å². The molecule has 21 heavy (non-hydrogen) atoms. The van der Waals surface area contributed by atoms with E-state index in [0.29, 0.717) is 5.56 Å². The van der Waals surface area contributed by atoms with Crippen molar-refractivity contribution in [1.29, 1.82) is 0 Å². The Morgan fingerprint density at radius 1 is 1.05 bits per heavy atom. The maximum absolute atomic E-state index is 12.7. The lowest BCUT2D eigenvalue weighted by Crippen LogP contribution is -2.39. The first kappa shape index (κ1) is 14.0. The van der Waals surface area contributed by atoms with Crippen LogP contribution in [0, 0.1) is 6.92 Å². The van der Waals surface area contributed by atoms with Crippen molar-refractivity contribution < 1.29 is 13.2 Å². The Kier molecular flexibility index (Phi) is 3.22. The van der Waals surface area contributed by atoms with Gasteiger partial charge >= 0.3 is 0 Å². The molecule has 6 heteroatoms. The van der Waals surface area contributed by atoms with Gasteiger partial charge in [0.2, 0.25) is 10.0 Å². The molecule has 0 unspecified atom stereocenters. The van der Waals surface area contributed by atoms with Gasteiger partial charge in [-0.2, -0.15) is 4.31 Å². The van der Waals surface area contributed by atoms with Gasteiger partial charge < -0.3 is 4.57 Å². The first-order valence-electron chi connectivity index (χ1n) is 6.64. The van der Waals surface area contributed by atoms with Crippen LogP contribution < -0.4 is 0 Å². The van der Waals surface area contributed by atoms with E-state index >= 15 is 0 Å². The van der Waals surface area contributed by atoms with Gasteiger partial charge in [-0.1, -0.05) is 17.7 Å². The number of hydrogen-bond donors (Lipinski definition) is 0. The number of fused-ring (bicyclic) bond motifs is 1. The van der Waals surface area contributed by atoms with Gasteiger partial charge in [-0.25, -0.2) is 8.42 Å². The molecule has 1 aliphatic rings. The van der Waals surface area contributed by atoms with Gasteiger partial charge in [0.15, 0.2) is 5.78 Å². The van der Waals surface area contributed by atoms with Gasteiger partial charge in [0, 0.05) is 24.5 Å². The standard InChI is InChI=1S/C15H16N2O3S/c1-11-3-5-12(6-4-11)21(19,20)17-9-14-13(15(18)10-17)7-8-16(14)2/h3-8H,9-10H2,1-2H3. The number of ketones is 1. The summed E-state index contributed by atoms with van der Waals surface area (Å²) in [6.07, 6.45) is 1.78. The summed E-state index contributed by atoms with van der Waals surface area (Å²) in [5.74, 6) is -0.160. The first-order chi connectivity index (χ1) is 9.89. The maximum Gasteiger partial charge on any atom is 0.243 e. The molecular weight excluding hydrogens is 288 g/mol. The summed E-state index contributed by atoms with van der Waals surface area (Å²) in [6, 6.07) is 8.41. The third-order valence-electron chi connectivity index (χ3n) is 3.81. The summed E-state index contributed by atoms with van der Waals surface area (Å²) in [5, 5.41) is 0. The van der Waals surface area contributed by atoms with Crippen LogP contribution in [-0.4, -0.2) is 29.6 Å². The highest BCUT2D eigenvalue weighted by Crippen LogP contribution is 2.25. The molecule has 1 aromatic heterocycles. The number of sulfonamides is 1. The summed E-state index contributed by atoms with van der Waals surface area (Å²) < 4.78 is 28.3. The van der Waals surface area contributed by atoms with E-state index in [9.17, 15) is 13.2 Å². The number of aromatic nitrogens is 1. The second kappa shape index (κ2) is 4.82. The monoisotopic (exact) mass is 304 g/mol. The Labute approximate surface area is 123 Å². The van der Waals surface area contributed by atoms with Crippen LogP contribution in [0.25, 0.3) is 0 Å². The zero-order chi connectivity index (χ0) is 15.2. The third-order valence-corrected chi connectivity index (χ3v) is 5.61. The Morgan fingerprint density at radius 2 is 1.71 bits per heavy atom. The minimum Gasteiger partial charge on any atom is -0.353 e. The second-order valence-electron chi connectivity index (χ2n) is 5.30. The van der Waals surface area contributed by atoms with Gasteiger partial charge in [0.05, 0.1) is 18.0 Å². The molecule has 0 saturated carbocycles. The summed E-state index contributed by atoms with van der Waals surface area (Å²) >= 11 is 0. The molecule has 0 fully saturated rings. The lowest BCUT2D eigenvalue weighted by molar-refractivity contribution is 0.0948. The van der Waals surface area contributed by atoms with Gasteiger partial charge in [-0.05, 0) is 25.1 Å². The van der Waals surface area contributed by atoms with E-state index in [1.54, 1.807) is 41.1 Å². The van der Waals surface area contributed by atoms with Crippen molar-refractivity contribution in [2.45, 2.75) is 18.4 Å². The van der Waals surface area contributed by atoms with E-state index in [-0.39, 0.29) is 23.8 Å². The molecule has 0 aliphatic carbocycles. The van der Waals surface area contributed by atoms with Gasteiger partial charge in [0.25, 0.3) is 0 Å². The number of carbonyl (C=O) groups is 1. The fourth-order valence-corrected chi connectivity index (χ4v) is 3.87. The number of nitrogens with zero attached hydrogens (tertiary/aromatic N) is 2. The topological polar surface area (TPSA) is 59.4 Å². The van der Waals surface area contributed by atoms with Crippen LogP contribution in [0.3, 0.4) is 0 Å². The second-order valence-corrected chi connectivity index (χ2v) is 7.23. The first-order valence-corrected chi connectivity index (χ1v) is 8.08. The summed E-state index contributed by atoms with van der Waals surface area (Å²) in [6.45, 7) is 2.02. The summed E-state index contributed by atoms with van der Waals surface area (Å²) in [5.41, 5.74) is 2.35. The predicted molar refractivity (Wildman–Crippen MR) is 78.5 cm³/mol. The molecule has 2 heterocycles. The molecule has 0 spiro atoms. The van der Waals surface area contributed by atoms with Crippen molar-refractivity contribution in [2.75, 3.05) is 6.54 Å². The largest absolute Gasteiger partial charge is 0.353 e. The van der Waals surface area contributed by atoms with Crippen molar-refractivity contribution in [2.24, 2.45) is 7.05 Å². The number of rotatable bonds is 2. The normalized spacial score (nSPS) is 16.0. The average Bonchev–Trinajstić information content (AvgIpc) is 2.82. The van der Waals surface area contributed by atoms with Gasteiger partial charge in [0.1, 0.15) is 0 Å². The molecule has 0 N–H and O–H groups in total. The van der Waals surface area contributed by atoms with Crippen LogP contribution in [0.5, 0.6) is 0 Å². The zero-order valence-electron chi connectivity index (χ0n) is 11.9. The highest BCUT2D eigenvalue weighted by Gasteiger charge is 2.33. The van der Waals surface area contributed by atoms with Crippen LogP contribution >= 0.6 is 0 Å². The fraction of sp³-hybridized carbons (Fsp3) is 0.267. The van der Waals surface area contributed by atoms with Crippen LogP contribution in [0.2, 0.25) is 0 Å². The van der Waals surface area contributed by atoms with Crippen molar-refractivity contribution in [1.82, 2.24) is 8.87 Å².